The third-order valence-electron chi connectivity index (χ3n) is 5.35. The number of carbonyl (C=O) groups is 2. The van der Waals surface area contributed by atoms with Gasteiger partial charge in [-0.05, 0) is 43.2 Å². The maximum absolute atomic E-state index is 12.8. The molecule has 8 nitrogen and oxygen atoms in total. The number of ketones is 1. The standard InChI is InChI=1S/C25H25N3O5S/c1-16-22(26-24-28(23(16)30)13-4-14-34-24)32-15-17-5-7-18(8-6-17)21(29)19-9-11-20(12-10-19)33-25(31)27(2)3/h5-12H,4,13-15H2,1-3H3. The number of aromatic nitrogens is 2. The second-order valence-electron chi connectivity index (χ2n) is 8.08. The van der Waals surface area contributed by atoms with Crippen molar-refractivity contribution < 1.29 is 19.1 Å². The second kappa shape index (κ2) is 10.1. The number of thioether (sulfide) groups is 1. The van der Waals surface area contributed by atoms with E-state index in [0.717, 1.165) is 17.7 Å². The molecule has 9 heteroatoms. The molecule has 0 saturated carbocycles. The van der Waals surface area contributed by atoms with E-state index in [1.54, 1.807) is 73.7 Å². The van der Waals surface area contributed by atoms with Crippen LogP contribution in [0, 0.1) is 6.92 Å². The summed E-state index contributed by atoms with van der Waals surface area (Å²) in [5.41, 5.74) is 2.31. The van der Waals surface area contributed by atoms with Crippen molar-refractivity contribution in [2.45, 2.75) is 31.7 Å². The van der Waals surface area contributed by atoms with Gasteiger partial charge in [-0.2, -0.15) is 4.98 Å². The highest BCUT2D eigenvalue weighted by Crippen LogP contribution is 2.25. The summed E-state index contributed by atoms with van der Waals surface area (Å²) >= 11 is 1.56. The summed E-state index contributed by atoms with van der Waals surface area (Å²) < 4.78 is 12.7. The van der Waals surface area contributed by atoms with Crippen molar-refractivity contribution >= 4 is 23.6 Å². The fraction of sp³-hybridized carbons (Fsp3) is 0.280. The Bertz CT molecular complexity index is 1270. The molecule has 0 unspecified atom stereocenters. The smallest absolute Gasteiger partial charge is 0.414 e. The second-order valence-corrected chi connectivity index (χ2v) is 9.15. The largest absolute Gasteiger partial charge is 0.472 e. The van der Waals surface area contributed by atoms with Crippen LogP contribution in [0.5, 0.6) is 11.6 Å². The van der Waals surface area contributed by atoms with Crippen LogP contribution in [0.15, 0.2) is 58.5 Å². The van der Waals surface area contributed by atoms with Gasteiger partial charge in [0.1, 0.15) is 12.4 Å². The molecule has 0 radical (unpaired) electrons. The Morgan fingerprint density at radius 2 is 1.71 bits per heavy atom. The summed E-state index contributed by atoms with van der Waals surface area (Å²) in [4.78, 5) is 42.8. The van der Waals surface area contributed by atoms with E-state index >= 15 is 0 Å². The number of ether oxygens (including phenoxy) is 2. The first-order valence-electron chi connectivity index (χ1n) is 10.8. The predicted molar refractivity (Wildman–Crippen MR) is 129 cm³/mol. The topological polar surface area (TPSA) is 90.7 Å². The summed E-state index contributed by atoms with van der Waals surface area (Å²) in [5.74, 6) is 1.51. The van der Waals surface area contributed by atoms with Gasteiger partial charge in [0.25, 0.3) is 5.56 Å². The van der Waals surface area contributed by atoms with Gasteiger partial charge in [0.2, 0.25) is 5.88 Å². The van der Waals surface area contributed by atoms with E-state index in [-0.39, 0.29) is 17.9 Å². The molecule has 1 amide bonds. The van der Waals surface area contributed by atoms with Crippen LogP contribution in [-0.4, -0.2) is 46.2 Å². The van der Waals surface area contributed by atoms with Gasteiger partial charge in [0.05, 0.1) is 5.56 Å². The lowest BCUT2D eigenvalue weighted by Gasteiger charge is -2.18. The van der Waals surface area contributed by atoms with E-state index in [1.807, 2.05) is 12.1 Å². The van der Waals surface area contributed by atoms with Crippen molar-refractivity contribution in [3.8, 4) is 11.6 Å². The quantitative estimate of drug-likeness (QED) is 0.391. The van der Waals surface area contributed by atoms with Gasteiger partial charge < -0.3 is 14.4 Å². The Labute approximate surface area is 201 Å². The van der Waals surface area contributed by atoms with Crippen LogP contribution >= 0.6 is 11.8 Å². The third kappa shape index (κ3) is 5.14. The minimum atomic E-state index is -0.485. The lowest BCUT2D eigenvalue weighted by Crippen LogP contribution is -2.28. The van der Waals surface area contributed by atoms with Crippen molar-refractivity contribution in [1.82, 2.24) is 14.5 Å². The van der Waals surface area contributed by atoms with Crippen LogP contribution < -0.4 is 15.0 Å². The fourth-order valence-corrected chi connectivity index (χ4v) is 4.32. The van der Waals surface area contributed by atoms with Crippen LogP contribution in [0.25, 0.3) is 0 Å². The molecule has 0 atom stereocenters. The molecule has 0 bridgehead atoms. The molecule has 0 N–H and O–H groups in total. The molecular formula is C25H25N3O5S. The number of carbonyl (C=O) groups excluding carboxylic acids is 2. The van der Waals surface area contributed by atoms with Crippen LogP contribution in [0.1, 0.15) is 33.5 Å². The highest BCUT2D eigenvalue weighted by Gasteiger charge is 2.18. The number of fused-ring (bicyclic) bond motifs is 1. The molecule has 0 saturated heterocycles. The molecule has 3 aromatic rings. The molecule has 4 rings (SSSR count). The molecule has 2 heterocycles. The first kappa shape index (κ1) is 23.6. The molecule has 1 aromatic heterocycles. The van der Waals surface area contributed by atoms with Crippen molar-refractivity contribution in [1.29, 1.82) is 0 Å². The molecular weight excluding hydrogens is 454 g/mol. The number of nitrogens with zero attached hydrogens (tertiary/aromatic N) is 3. The fourth-order valence-electron chi connectivity index (χ4n) is 3.38. The zero-order valence-corrected chi connectivity index (χ0v) is 20.1. The maximum atomic E-state index is 12.8. The zero-order valence-electron chi connectivity index (χ0n) is 19.2. The van der Waals surface area contributed by atoms with Crippen LogP contribution in [0.4, 0.5) is 4.79 Å². The lowest BCUT2D eigenvalue weighted by atomic mass is 10.0. The highest BCUT2D eigenvalue weighted by atomic mass is 32.2. The van der Waals surface area contributed by atoms with Crippen molar-refractivity contribution in [3.63, 3.8) is 0 Å². The molecule has 0 spiro atoms. The van der Waals surface area contributed by atoms with Gasteiger partial charge in [0.15, 0.2) is 10.9 Å². The van der Waals surface area contributed by atoms with E-state index in [1.165, 1.54) is 4.90 Å². The number of benzene rings is 2. The number of hydrogen-bond acceptors (Lipinski definition) is 7. The lowest BCUT2D eigenvalue weighted by molar-refractivity contribution is 0.103. The Hall–Kier alpha value is -3.59. The third-order valence-corrected chi connectivity index (χ3v) is 6.41. The predicted octanol–water partition coefficient (Wildman–Crippen LogP) is 3.92. The van der Waals surface area contributed by atoms with E-state index < -0.39 is 6.09 Å². The van der Waals surface area contributed by atoms with Gasteiger partial charge in [0, 0.05) is 37.5 Å². The van der Waals surface area contributed by atoms with Crippen LogP contribution in [0.2, 0.25) is 0 Å². The summed E-state index contributed by atoms with van der Waals surface area (Å²) in [7, 11) is 3.19. The summed E-state index contributed by atoms with van der Waals surface area (Å²) in [6, 6.07) is 13.5. The average molecular weight is 480 g/mol. The van der Waals surface area contributed by atoms with Crippen LogP contribution in [-0.2, 0) is 13.2 Å². The summed E-state index contributed by atoms with van der Waals surface area (Å²) in [6.45, 7) is 2.66. The molecule has 2 aromatic carbocycles. The molecule has 176 valence electrons. The van der Waals surface area contributed by atoms with Gasteiger partial charge in [-0.3, -0.25) is 14.2 Å². The van der Waals surface area contributed by atoms with Crippen molar-refractivity contribution in [2.75, 3.05) is 19.8 Å². The molecule has 0 aliphatic carbocycles. The monoisotopic (exact) mass is 479 g/mol. The van der Waals surface area contributed by atoms with Gasteiger partial charge >= 0.3 is 6.09 Å². The van der Waals surface area contributed by atoms with E-state index in [0.29, 0.717) is 40.0 Å². The molecule has 34 heavy (non-hydrogen) atoms. The van der Waals surface area contributed by atoms with Crippen LogP contribution in [0.3, 0.4) is 0 Å². The number of rotatable bonds is 6. The Kier molecular flexibility index (Phi) is 7.02. The molecule has 1 aliphatic heterocycles. The normalized spacial score (nSPS) is 12.6. The SMILES string of the molecule is Cc1c(OCc2ccc(C(=O)c3ccc(OC(=O)N(C)C)cc3)cc2)nc2n(c1=O)CCCS2. The van der Waals surface area contributed by atoms with Crippen molar-refractivity contribution in [3.05, 3.63) is 81.1 Å². The Morgan fingerprint density at radius 3 is 2.35 bits per heavy atom. The Balaban J connectivity index is 1.41. The van der Waals surface area contributed by atoms with E-state index in [4.69, 9.17) is 9.47 Å². The first-order valence-corrected chi connectivity index (χ1v) is 11.8. The first-order chi connectivity index (χ1) is 16.3. The Morgan fingerprint density at radius 1 is 1.06 bits per heavy atom. The average Bonchev–Trinajstić information content (AvgIpc) is 2.85. The molecule has 1 aliphatic rings. The van der Waals surface area contributed by atoms with Crippen molar-refractivity contribution in [2.24, 2.45) is 0 Å². The van der Waals surface area contributed by atoms with Gasteiger partial charge in [-0.15, -0.1) is 0 Å². The van der Waals surface area contributed by atoms with E-state index in [2.05, 4.69) is 4.98 Å². The number of amides is 1. The highest BCUT2D eigenvalue weighted by molar-refractivity contribution is 7.99. The minimum absolute atomic E-state index is 0.0596. The van der Waals surface area contributed by atoms with Gasteiger partial charge in [-0.25, -0.2) is 4.79 Å². The minimum Gasteiger partial charge on any atom is -0.472 e. The summed E-state index contributed by atoms with van der Waals surface area (Å²) in [6.07, 6.45) is 0.472. The number of hydrogen-bond donors (Lipinski definition) is 0. The zero-order chi connectivity index (χ0) is 24.2. The summed E-state index contributed by atoms with van der Waals surface area (Å²) in [5, 5.41) is 0.695. The maximum Gasteiger partial charge on any atom is 0.414 e. The van der Waals surface area contributed by atoms with E-state index in [9.17, 15) is 14.4 Å². The van der Waals surface area contributed by atoms with Gasteiger partial charge in [-0.1, -0.05) is 36.0 Å². The molecule has 0 fully saturated rings.